The van der Waals surface area contributed by atoms with Crippen LogP contribution in [0.5, 0.6) is 0 Å². The van der Waals surface area contributed by atoms with E-state index >= 15 is 0 Å². The van der Waals surface area contributed by atoms with Gasteiger partial charge in [0.25, 0.3) is 11.1 Å². The van der Waals surface area contributed by atoms with Gasteiger partial charge in [0.1, 0.15) is 5.65 Å². The van der Waals surface area contributed by atoms with Gasteiger partial charge in [0.15, 0.2) is 0 Å². The van der Waals surface area contributed by atoms with Crippen molar-refractivity contribution in [1.29, 1.82) is 0 Å². The highest BCUT2D eigenvalue weighted by Gasteiger charge is 2.21. The van der Waals surface area contributed by atoms with E-state index in [9.17, 15) is 14.4 Å². The molecule has 0 amide bonds. The van der Waals surface area contributed by atoms with Crippen molar-refractivity contribution >= 4 is 16.7 Å². The van der Waals surface area contributed by atoms with Crippen LogP contribution < -0.4 is 16.8 Å². The van der Waals surface area contributed by atoms with E-state index in [0.29, 0.717) is 5.56 Å². The van der Waals surface area contributed by atoms with Gasteiger partial charge >= 0.3 is 5.69 Å². The summed E-state index contributed by atoms with van der Waals surface area (Å²) >= 11 is 0. The third-order valence-electron chi connectivity index (χ3n) is 4.15. The minimum atomic E-state index is -0.631. The highest BCUT2D eigenvalue weighted by molar-refractivity contribution is 5.95. The smallest absolute Gasteiger partial charge is 0.296 e. The Balaban J connectivity index is 2.75. The Morgan fingerprint density at radius 1 is 0.920 bits per heavy atom. The normalized spacial score (nSPS) is 10.7. The number of hydrogen-bond acceptors (Lipinski definition) is 4. The zero-order valence-electron chi connectivity index (χ0n) is 13.8. The van der Waals surface area contributed by atoms with Crippen molar-refractivity contribution in [3.63, 3.8) is 0 Å². The third kappa shape index (κ3) is 2.26. The van der Waals surface area contributed by atoms with E-state index in [-0.39, 0.29) is 22.3 Å². The Kier molecular flexibility index (Phi) is 3.78. The molecule has 3 rings (SSSR count). The van der Waals surface area contributed by atoms with Gasteiger partial charge in [0.2, 0.25) is 0 Å². The van der Waals surface area contributed by atoms with Gasteiger partial charge in [-0.25, -0.2) is 4.79 Å². The fraction of sp³-hybridized carbons (Fsp3) is 0.188. The van der Waals surface area contributed by atoms with Crippen LogP contribution in [0.25, 0.3) is 32.6 Å². The molecule has 1 aromatic carbocycles. The summed E-state index contributed by atoms with van der Waals surface area (Å²) < 4.78 is 3.32. The first kappa shape index (κ1) is 16.3. The molecule has 0 fully saturated rings. The topological polar surface area (TPSA) is 115 Å². The van der Waals surface area contributed by atoms with Crippen molar-refractivity contribution < 1.29 is 0 Å². The maximum atomic E-state index is 12.9. The van der Waals surface area contributed by atoms with Gasteiger partial charge in [0, 0.05) is 26.1 Å². The van der Waals surface area contributed by atoms with Gasteiger partial charge in [-0.2, -0.15) is 0 Å². The minimum absolute atomic E-state index is 0.0170. The lowest BCUT2D eigenvalue weighted by Gasteiger charge is -2.15. The molecule has 3 aromatic rings. The molecular weight excluding hydrogens is 324 g/mol. The van der Waals surface area contributed by atoms with Gasteiger partial charge in [0.05, 0.1) is 16.6 Å². The van der Waals surface area contributed by atoms with Crippen molar-refractivity contribution in [2.24, 2.45) is 26.3 Å². The minimum Gasteiger partial charge on any atom is -0.296 e. The number of nitrogens with zero attached hydrogens (tertiary/aromatic N) is 6. The van der Waals surface area contributed by atoms with E-state index in [1.807, 2.05) is 0 Å². The molecule has 0 spiro atoms. The van der Waals surface area contributed by atoms with Crippen molar-refractivity contribution in [3.8, 4) is 11.1 Å². The second-order valence-electron chi connectivity index (χ2n) is 5.55. The van der Waals surface area contributed by atoms with Gasteiger partial charge in [-0.05, 0) is 11.1 Å². The standard InChI is InChI=1S/C16H14N6O3/c1-20-13-11(15(24)22(3)16(25)21(13)2)12(18-19-17)10(14(20)23)9-7-5-4-6-8-9/h4-8H,1-3H3. The van der Waals surface area contributed by atoms with E-state index in [2.05, 4.69) is 10.0 Å². The molecule has 126 valence electrons. The molecule has 0 aliphatic carbocycles. The molecule has 9 nitrogen and oxygen atoms in total. The number of benzene rings is 1. The summed E-state index contributed by atoms with van der Waals surface area (Å²) in [5, 5.41) is 3.64. The van der Waals surface area contributed by atoms with Crippen molar-refractivity contribution in [1.82, 2.24) is 13.7 Å². The zero-order chi connectivity index (χ0) is 18.3. The number of fused-ring (bicyclic) bond motifs is 1. The number of hydrogen-bond donors (Lipinski definition) is 0. The maximum Gasteiger partial charge on any atom is 0.332 e. The molecule has 9 heteroatoms. The molecular formula is C16H14N6O3. The highest BCUT2D eigenvalue weighted by Crippen LogP contribution is 2.32. The van der Waals surface area contributed by atoms with Crippen molar-refractivity contribution in [3.05, 3.63) is 72.0 Å². The first-order valence-corrected chi connectivity index (χ1v) is 7.33. The second-order valence-corrected chi connectivity index (χ2v) is 5.55. The number of aromatic nitrogens is 3. The van der Waals surface area contributed by atoms with Crippen LogP contribution in [-0.2, 0) is 21.1 Å². The number of rotatable bonds is 2. The van der Waals surface area contributed by atoms with Gasteiger partial charge in [-0.1, -0.05) is 35.4 Å². The molecule has 0 saturated heterocycles. The lowest BCUT2D eigenvalue weighted by molar-refractivity contribution is 0.689. The summed E-state index contributed by atoms with van der Waals surface area (Å²) in [7, 11) is 4.25. The number of azide groups is 1. The van der Waals surface area contributed by atoms with Crippen LogP contribution in [-0.4, -0.2) is 13.7 Å². The summed E-state index contributed by atoms with van der Waals surface area (Å²) in [6, 6.07) is 8.62. The lowest BCUT2D eigenvalue weighted by Crippen LogP contribution is -2.39. The molecule has 2 heterocycles. The summed E-state index contributed by atoms with van der Waals surface area (Å²) in [5.74, 6) is 0. The Morgan fingerprint density at radius 3 is 2.16 bits per heavy atom. The fourth-order valence-electron chi connectivity index (χ4n) is 2.93. The van der Waals surface area contributed by atoms with E-state index < -0.39 is 16.8 Å². The Morgan fingerprint density at radius 2 is 1.56 bits per heavy atom. The van der Waals surface area contributed by atoms with Crippen LogP contribution in [0.4, 0.5) is 5.69 Å². The van der Waals surface area contributed by atoms with E-state index in [1.54, 1.807) is 30.3 Å². The average molecular weight is 338 g/mol. The molecule has 0 atom stereocenters. The highest BCUT2D eigenvalue weighted by atomic mass is 16.2. The molecule has 25 heavy (non-hydrogen) atoms. The van der Waals surface area contributed by atoms with Crippen molar-refractivity contribution in [2.45, 2.75) is 0 Å². The largest absolute Gasteiger partial charge is 0.332 e. The first-order chi connectivity index (χ1) is 11.9. The van der Waals surface area contributed by atoms with E-state index in [1.165, 1.54) is 30.3 Å². The number of aryl methyl sites for hydroxylation is 2. The Bertz CT molecular complexity index is 1230. The second kappa shape index (κ2) is 5.81. The van der Waals surface area contributed by atoms with Crippen LogP contribution >= 0.6 is 0 Å². The van der Waals surface area contributed by atoms with Crippen LogP contribution in [0.1, 0.15) is 0 Å². The summed E-state index contributed by atoms with van der Waals surface area (Å²) in [6.45, 7) is 0. The maximum absolute atomic E-state index is 12.9. The lowest BCUT2D eigenvalue weighted by atomic mass is 10.0. The molecule has 0 aliphatic rings. The van der Waals surface area contributed by atoms with Crippen LogP contribution in [0.2, 0.25) is 0 Å². The Labute approximate surface area is 140 Å². The molecule has 2 aromatic heterocycles. The van der Waals surface area contributed by atoms with Crippen molar-refractivity contribution in [2.75, 3.05) is 0 Å². The van der Waals surface area contributed by atoms with E-state index in [0.717, 1.165) is 4.57 Å². The monoisotopic (exact) mass is 338 g/mol. The molecule has 0 radical (unpaired) electrons. The predicted octanol–water partition coefficient (Wildman–Crippen LogP) is 1.54. The fourth-order valence-corrected chi connectivity index (χ4v) is 2.93. The third-order valence-corrected chi connectivity index (χ3v) is 4.15. The SMILES string of the molecule is Cn1c(=O)c2c(N=[N+]=[N-])c(-c3ccccc3)c(=O)n(C)c2n(C)c1=O. The molecule has 0 unspecified atom stereocenters. The Hall–Kier alpha value is -3.58. The summed E-state index contributed by atoms with van der Waals surface area (Å²) in [5.41, 5.74) is 7.94. The number of pyridine rings is 1. The van der Waals surface area contributed by atoms with Gasteiger partial charge < -0.3 is 0 Å². The van der Waals surface area contributed by atoms with Gasteiger partial charge in [-0.3, -0.25) is 23.3 Å². The summed E-state index contributed by atoms with van der Waals surface area (Å²) in [4.78, 5) is 40.6. The van der Waals surface area contributed by atoms with E-state index in [4.69, 9.17) is 5.53 Å². The van der Waals surface area contributed by atoms with Crippen LogP contribution in [0.15, 0.2) is 49.8 Å². The average Bonchev–Trinajstić information content (AvgIpc) is 2.62. The molecule has 0 bridgehead atoms. The molecule has 0 aliphatic heterocycles. The predicted molar refractivity (Wildman–Crippen MR) is 93.9 cm³/mol. The van der Waals surface area contributed by atoms with Crippen LogP contribution in [0.3, 0.4) is 0 Å². The quantitative estimate of drug-likeness (QED) is 0.401. The van der Waals surface area contributed by atoms with Gasteiger partial charge in [-0.15, -0.1) is 0 Å². The summed E-state index contributed by atoms with van der Waals surface area (Å²) in [6.07, 6.45) is 0. The first-order valence-electron chi connectivity index (χ1n) is 7.33. The van der Waals surface area contributed by atoms with Crippen LogP contribution in [0, 0.1) is 0 Å². The zero-order valence-corrected chi connectivity index (χ0v) is 13.8. The molecule has 0 N–H and O–H groups in total. The molecule has 0 saturated carbocycles.